The molecule has 0 saturated carbocycles. The molecule has 0 aromatic heterocycles. The first kappa shape index (κ1) is 13.9. The maximum atomic E-state index is 12.4. The molecule has 1 N–H and O–H groups in total. The maximum Gasteiger partial charge on any atom is 0.253 e. The van der Waals surface area contributed by atoms with Gasteiger partial charge < -0.3 is 10.2 Å². The van der Waals surface area contributed by atoms with Gasteiger partial charge >= 0.3 is 0 Å². The van der Waals surface area contributed by atoms with Crippen LogP contribution in [-0.4, -0.2) is 30.4 Å². The Hall–Kier alpha value is -2.53. The van der Waals surface area contributed by atoms with E-state index in [9.17, 15) is 4.79 Å². The number of rotatable bonds is 5. The highest BCUT2D eigenvalue weighted by atomic mass is 16.2. The molecule has 1 heterocycles. The van der Waals surface area contributed by atoms with E-state index < -0.39 is 0 Å². The molecule has 1 aliphatic rings. The average Bonchev–Trinajstić information content (AvgIpc) is 2.94. The topological polar surface area (TPSA) is 79.9 Å². The quantitative estimate of drug-likeness (QED) is 0.884. The first-order chi connectivity index (χ1) is 9.76. The predicted octanol–water partition coefficient (Wildman–Crippen LogP) is 1.92. The van der Waals surface area contributed by atoms with Gasteiger partial charge in [-0.2, -0.15) is 10.5 Å². The van der Waals surface area contributed by atoms with Crippen molar-refractivity contribution in [3.05, 3.63) is 29.3 Å². The Labute approximate surface area is 118 Å². The van der Waals surface area contributed by atoms with Crippen LogP contribution in [0.25, 0.3) is 0 Å². The van der Waals surface area contributed by atoms with Crippen LogP contribution in [-0.2, 0) is 6.42 Å². The largest absolute Gasteiger partial charge is 0.384 e. The summed E-state index contributed by atoms with van der Waals surface area (Å²) in [6.07, 6.45) is 1.49. The maximum absolute atomic E-state index is 12.4. The predicted molar refractivity (Wildman–Crippen MR) is 75.0 cm³/mol. The van der Waals surface area contributed by atoms with Gasteiger partial charge in [-0.15, -0.1) is 0 Å². The van der Waals surface area contributed by atoms with Gasteiger partial charge in [0.1, 0.15) is 0 Å². The number of hydrogen-bond donors (Lipinski definition) is 1. The minimum absolute atomic E-state index is 0.106. The second kappa shape index (κ2) is 6.58. The summed E-state index contributed by atoms with van der Waals surface area (Å²) in [6.45, 7) is 1.64. The summed E-state index contributed by atoms with van der Waals surface area (Å²) >= 11 is 0. The van der Waals surface area contributed by atoms with E-state index in [0.717, 1.165) is 24.2 Å². The lowest BCUT2D eigenvalue weighted by molar-refractivity contribution is 0.0762. The minimum Gasteiger partial charge on any atom is -0.384 e. The van der Waals surface area contributed by atoms with Crippen LogP contribution in [0.2, 0.25) is 0 Å². The lowest BCUT2D eigenvalue weighted by Crippen LogP contribution is -2.32. The summed E-state index contributed by atoms with van der Waals surface area (Å²) in [6, 6.07) is 9.69. The Balaban J connectivity index is 2.14. The van der Waals surface area contributed by atoms with Gasteiger partial charge in [0.25, 0.3) is 5.91 Å². The second-order valence-corrected chi connectivity index (χ2v) is 4.66. The Morgan fingerprint density at radius 1 is 1.25 bits per heavy atom. The number of fused-ring (bicyclic) bond motifs is 1. The molecule has 0 spiro atoms. The molecule has 5 heteroatoms. The monoisotopic (exact) mass is 268 g/mol. The van der Waals surface area contributed by atoms with E-state index in [1.54, 1.807) is 11.0 Å². The SMILES string of the molecule is N#CCCN(CCC#N)C(=O)c1ccc2c(c1)CCN2. The normalized spacial score (nSPS) is 11.9. The van der Waals surface area contributed by atoms with Crippen molar-refractivity contribution in [2.24, 2.45) is 0 Å². The number of anilines is 1. The van der Waals surface area contributed by atoms with E-state index in [2.05, 4.69) is 5.32 Å². The molecule has 5 nitrogen and oxygen atoms in total. The van der Waals surface area contributed by atoms with E-state index in [4.69, 9.17) is 10.5 Å². The number of carbonyl (C=O) groups is 1. The van der Waals surface area contributed by atoms with Gasteiger partial charge in [-0.25, -0.2) is 0 Å². The van der Waals surface area contributed by atoms with Gasteiger partial charge in [-0.3, -0.25) is 4.79 Å². The average molecular weight is 268 g/mol. The fourth-order valence-electron chi connectivity index (χ4n) is 2.31. The molecule has 1 amide bonds. The van der Waals surface area contributed by atoms with Gasteiger partial charge in [0.05, 0.1) is 25.0 Å². The molecule has 20 heavy (non-hydrogen) atoms. The third-order valence-corrected chi connectivity index (χ3v) is 3.34. The van der Waals surface area contributed by atoms with Crippen LogP contribution >= 0.6 is 0 Å². The Morgan fingerprint density at radius 3 is 2.60 bits per heavy atom. The standard InChI is InChI=1S/C15H16N4O/c16-6-1-9-19(10-2-7-17)15(20)13-3-4-14-12(11-13)5-8-18-14/h3-4,11,18H,1-2,5,8-10H2. The van der Waals surface area contributed by atoms with Crippen LogP contribution in [0.4, 0.5) is 5.69 Å². The van der Waals surface area contributed by atoms with Crippen LogP contribution in [0.5, 0.6) is 0 Å². The third kappa shape index (κ3) is 3.07. The minimum atomic E-state index is -0.106. The molecular formula is C15H16N4O. The smallest absolute Gasteiger partial charge is 0.253 e. The zero-order valence-electron chi connectivity index (χ0n) is 11.2. The van der Waals surface area contributed by atoms with E-state index >= 15 is 0 Å². The van der Waals surface area contributed by atoms with Gasteiger partial charge in [0, 0.05) is 30.9 Å². The molecule has 0 aliphatic carbocycles. The van der Waals surface area contributed by atoms with Crippen molar-refractivity contribution in [1.82, 2.24) is 4.90 Å². The molecule has 1 aromatic carbocycles. The van der Waals surface area contributed by atoms with Crippen molar-refractivity contribution in [3.63, 3.8) is 0 Å². The Morgan fingerprint density at radius 2 is 1.95 bits per heavy atom. The van der Waals surface area contributed by atoms with E-state index in [-0.39, 0.29) is 18.7 Å². The summed E-state index contributed by atoms with van der Waals surface area (Å²) in [5.41, 5.74) is 2.86. The fraction of sp³-hybridized carbons (Fsp3) is 0.400. The molecule has 0 saturated heterocycles. The van der Waals surface area contributed by atoms with E-state index in [1.165, 1.54) is 0 Å². The van der Waals surface area contributed by atoms with Crippen molar-refractivity contribution in [2.45, 2.75) is 19.3 Å². The van der Waals surface area contributed by atoms with Crippen molar-refractivity contribution in [3.8, 4) is 12.1 Å². The number of nitrogens with zero attached hydrogens (tertiary/aromatic N) is 3. The van der Waals surface area contributed by atoms with Crippen LogP contribution < -0.4 is 5.32 Å². The highest BCUT2D eigenvalue weighted by molar-refractivity contribution is 5.95. The van der Waals surface area contributed by atoms with Crippen LogP contribution in [0.1, 0.15) is 28.8 Å². The van der Waals surface area contributed by atoms with E-state index in [1.807, 2.05) is 24.3 Å². The number of amides is 1. The summed E-state index contributed by atoms with van der Waals surface area (Å²) in [7, 11) is 0. The molecule has 0 bridgehead atoms. The van der Waals surface area contributed by atoms with Gasteiger partial charge in [0.15, 0.2) is 0 Å². The molecular weight excluding hydrogens is 252 g/mol. The summed E-state index contributed by atoms with van der Waals surface area (Å²) < 4.78 is 0. The highest BCUT2D eigenvalue weighted by Crippen LogP contribution is 2.23. The van der Waals surface area contributed by atoms with Crippen molar-refractivity contribution in [2.75, 3.05) is 25.0 Å². The lowest BCUT2D eigenvalue weighted by Gasteiger charge is -2.20. The van der Waals surface area contributed by atoms with Crippen LogP contribution in [0, 0.1) is 22.7 Å². The fourth-order valence-corrected chi connectivity index (χ4v) is 2.31. The number of hydrogen-bond acceptors (Lipinski definition) is 4. The number of nitriles is 2. The molecule has 0 fully saturated rings. The zero-order valence-corrected chi connectivity index (χ0v) is 11.2. The second-order valence-electron chi connectivity index (χ2n) is 4.66. The molecule has 0 unspecified atom stereocenters. The molecule has 102 valence electrons. The molecule has 0 radical (unpaired) electrons. The van der Waals surface area contributed by atoms with E-state index in [0.29, 0.717) is 18.7 Å². The van der Waals surface area contributed by atoms with Gasteiger partial charge in [-0.1, -0.05) is 0 Å². The highest BCUT2D eigenvalue weighted by Gasteiger charge is 2.18. The molecule has 2 rings (SSSR count). The number of benzene rings is 1. The molecule has 1 aliphatic heterocycles. The van der Waals surface area contributed by atoms with Gasteiger partial charge in [0.2, 0.25) is 0 Å². The summed E-state index contributed by atoms with van der Waals surface area (Å²) in [4.78, 5) is 14.0. The number of carbonyl (C=O) groups excluding carboxylic acids is 1. The zero-order chi connectivity index (χ0) is 14.4. The summed E-state index contributed by atoms with van der Waals surface area (Å²) in [5.74, 6) is -0.106. The lowest BCUT2D eigenvalue weighted by atomic mass is 10.1. The third-order valence-electron chi connectivity index (χ3n) is 3.34. The van der Waals surface area contributed by atoms with Crippen molar-refractivity contribution in [1.29, 1.82) is 10.5 Å². The summed E-state index contributed by atoms with van der Waals surface area (Å²) in [5, 5.41) is 20.6. The first-order valence-electron chi connectivity index (χ1n) is 6.66. The van der Waals surface area contributed by atoms with Crippen LogP contribution in [0.15, 0.2) is 18.2 Å². The molecule has 1 aromatic rings. The molecule has 0 atom stereocenters. The van der Waals surface area contributed by atoms with Crippen LogP contribution in [0.3, 0.4) is 0 Å². The Bertz CT molecular complexity index is 565. The van der Waals surface area contributed by atoms with Crippen molar-refractivity contribution >= 4 is 11.6 Å². The van der Waals surface area contributed by atoms with Gasteiger partial charge in [-0.05, 0) is 30.2 Å². The first-order valence-corrected chi connectivity index (χ1v) is 6.66. The number of nitrogens with one attached hydrogen (secondary N) is 1. The van der Waals surface area contributed by atoms with Crippen molar-refractivity contribution < 1.29 is 4.79 Å². The Kier molecular flexibility index (Phi) is 4.57.